The van der Waals surface area contributed by atoms with Crippen LogP contribution < -0.4 is 0 Å². The van der Waals surface area contributed by atoms with E-state index < -0.39 is 57.8 Å². The fourth-order valence-corrected chi connectivity index (χ4v) is 10.6. The summed E-state index contributed by atoms with van der Waals surface area (Å²) in [6.07, 6.45) is 68.0. The summed E-state index contributed by atoms with van der Waals surface area (Å²) >= 11 is 0. The van der Waals surface area contributed by atoms with Gasteiger partial charge < -0.3 is 24.2 Å². The van der Waals surface area contributed by atoms with E-state index in [0.717, 1.165) is 83.5 Å². The van der Waals surface area contributed by atoms with Gasteiger partial charge in [-0.3, -0.25) is 23.4 Å². The van der Waals surface area contributed by atoms with Gasteiger partial charge in [0.2, 0.25) is 0 Å². The summed E-state index contributed by atoms with van der Waals surface area (Å²) in [5.74, 6) is -1.45. The average molecular weight is 1150 g/mol. The van der Waals surface area contributed by atoms with Crippen molar-refractivity contribution in [1.82, 2.24) is 0 Å². The first-order valence-electron chi connectivity index (χ1n) is 33.9. The lowest BCUT2D eigenvalue weighted by Crippen LogP contribution is -2.30. The quantitative estimate of drug-likeness (QED) is 0.0197. The number of phosphoric ester groups is 1. The molecule has 0 aromatic rings. The highest BCUT2D eigenvalue weighted by Gasteiger charge is 2.28. The Morgan fingerprint density at radius 1 is 0.350 bits per heavy atom. The Morgan fingerprint density at radius 2 is 0.613 bits per heavy atom. The summed E-state index contributed by atoms with van der Waals surface area (Å²) < 4.78 is 39.8. The van der Waals surface area contributed by atoms with Gasteiger partial charge in [0.25, 0.3) is 0 Å². The molecule has 0 aliphatic heterocycles. The molecule has 80 heavy (non-hydrogen) atoms. The van der Waals surface area contributed by atoms with Gasteiger partial charge in [-0.2, -0.15) is 0 Å². The van der Waals surface area contributed by atoms with E-state index in [4.69, 9.17) is 23.3 Å². The van der Waals surface area contributed by atoms with Crippen LogP contribution in [0.15, 0.2) is 36.5 Å². The SMILES string of the molecule is CCCCC/C=C\C/C=C\CCCCCCCCCC(=O)OC(COC(=O)CCCCCCCCCCCCCCCCCCCCC)COP(=O)(O)OCC(CO)OC(=O)CCCCCCCCC/C=C\CCCCCCCC. The lowest BCUT2D eigenvalue weighted by molar-refractivity contribution is -0.161. The van der Waals surface area contributed by atoms with E-state index >= 15 is 0 Å². The first-order chi connectivity index (χ1) is 39.2. The van der Waals surface area contributed by atoms with Crippen molar-refractivity contribution in [3.8, 4) is 0 Å². The van der Waals surface area contributed by atoms with Gasteiger partial charge in [0.15, 0.2) is 6.10 Å². The van der Waals surface area contributed by atoms with Crippen molar-refractivity contribution in [3.05, 3.63) is 36.5 Å². The van der Waals surface area contributed by atoms with Crippen molar-refractivity contribution in [2.45, 2.75) is 354 Å². The molecule has 2 N–H and O–H groups in total. The van der Waals surface area contributed by atoms with Gasteiger partial charge in [-0.1, -0.05) is 282 Å². The third-order valence-electron chi connectivity index (χ3n) is 15.0. The van der Waals surface area contributed by atoms with E-state index in [2.05, 4.69) is 57.2 Å². The Morgan fingerprint density at radius 3 is 0.963 bits per heavy atom. The third kappa shape index (κ3) is 60.3. The monoisotopic (exact) mass is 1150 g/mol. The predicted molar refractivity (Wildman–Crippen MR) is 335 cm³/mol. The van der Waals surface area contributed by atoms with E-state index in [1.807, 2.05) is 0 Å². The van der Waals surface area contributed by atoms with Gasteiger partial charge in [-0.05, 0) is 77.0 Å². The number of carbonyl (C=O) groups is 3. The van der Waals surface area contributed by atoms with Gasteiger partial charge >= 0.3 is 25.7 Å². The highest BCUT2D eigenvalue weighted by Crippen LogP contribution is 2.43. The number of ether oxygens (including phenoxy) is 3. The van der Waals surface area contributed by atoms with Crippen LogP contribution in [-0.4, -0.2) is 66.5 Å². The maximum Gasteiger partial charge on any atom is 0.472 e. The second kappa shape index (κ2) is 62.7. The smallest absolute Gasteiger partial charge is 0.462 e. The molecule has 0 fully saturated rings. The lowest BCUT2D eigenvalue weighted by atomic mass is 10.0. The summed E-state index contributed by atoms with van der Waals surface area (Å²) in [6.45, 7) is 4.69. The van der Waals surface area contributed by atoms with Gasteiger partial charge in [0.05, 0.1) is 19.8 Å². The van der Waals surface area contributed by atoms with E-state index in [-0.39, 0.29) is 25.9 Å². The zero-order chi connectivity index (χ0) is 58.3. The molecule has 0 aliphatic rings. The highest BCUT2D eigenvalue weighted by atomic mass is 31.2. The fraction of sp³-hybridized carbons (Fsp3) is 0.868. The van der Waals surface area contributed by atoms with Crippen LogP contribution in [0, 0.1) is 0 Å². The van der Waals surface area contributed by atoms with Crippen molar-refractivity contribution in [1.29, 1.82) is 0 Å². The predicted octanol–water partition coefficient (Wildman–Crippen LogP) is 20.7. The number of aliphatic hydroxyl groups excluding tert-OH is 1. The number of phosphoric acid groups is 1. The van der Waals surface area contributed by atoms with E-state index in [1.165, 1.54) is 199 Å². The summed E-state index contributed by atoms with van der Waals surface area (Å²) in [5.41, 5.74) is 0. The van der Waals surface area contributed by atoms with Crippen molar-refractivity contribution >= 4 is 25.7 Å². The number of allylic oxidation sites excluding steroid dienone is 6. The number of esters is 3. The normalized spacial score (nSPS) is 13.4. The van der Waals surface area contributed by atoms with E-state index in [1.54, 1.807) is 0 Å². The number of carbonyl (C=O) groups excluding carboxylic acids is 3. The molecular weight excluding hydrogens is 1020 g/mol. The molecular formula is C68H127O11P. The van der Waals surface area contributed by atoms with Crippen molar-refractivity contribution in [3.63, 3.8) is 0 Å². The Bertz CT molecular complexity index is 1480. The molecule has 11 nitrogen and oxygen atoms in total. The van der Waals surface area contributed by atoms with Crippen molar-refractivity contribution in [2.75, 3.05) is 26.4 Å². The molecule has 0 saturated carbocycles. The minimum Gasteiger partial charge on any atom is -0.462 e. The average Bonchev–Trinajstić information content (AvgIpc) is 3.45. The molecule has 3 unspecified atom stereocenters. The molecule has 0 spiro atoms. The van der Waals surface area contributed by atoms with E-state index in [0.29, 0.717) is 19.3 Å². The minimum absolute atomic E-state index is 0.163. The summed E-state index contributed by atoms with van der Waals surface area (Å²) in [5, 5.41) is 9.86. The highest BCUT2D eigenvalue weighted by molar-refractivity contribution is 7.47. The molecule has 470 valence electrons. The maximum absolute atomic E-state index is 13.0. The molecule has 0 radical (unpaired) electrons. The maximum atomic E-state index is 13.0. The number of hydrogen-bond acceptors (Lipinski definition) is 10. The van der Waals surface area contributed by atoms with Gasteiger partial charge in [-0.25, -0.2) is 4.57 Å². The zero-order valence-corrected chi connectivity index (χ0v) is 53.2. The van der Waals surface area contributed by atoms with Gasteiger partial charge in [0, 0.05) is 19.3 Å². The first kappa shape index (κ1) is 77.7. The molecule has 0 bridgehead atoms. The summed E-state index contributed by atoms with van der Waals surface area (Å²) in [4.78, 5) is 48.8. The molecule has 0 heterocycles. The number of aliphatic hydroxyl groups is 1. The van der Waals surface area contributed by atoms with E-state index in [9.17, 15) is 28.9 Å². The van der Waals surface area contributed by atoms with Crippen molar-refractivity contribution in [2.24, 2.45) is 0 Å². The molecule has 3 atom stereocenters. The Labute approximate surface area is 492 Å². The summed E-state index contributed by atoms with van der Waals surface area (Å²) in [7, 11) is -4.75. The van der Waals surface area contributed by atoms with Crippen LogP contribution in [0.1, 0.15) is 342 Å². The molecule has 0 aromatic carbocycles. The molecule has 0 aromatic heterocycles. The first-order valence-corrected chi connectivity index (χ1v) is 35.4. The lowest BCUT2D eigenvalue weighted by Gasteiger charge is -2.21. The van der Waals surface area contributed by atoms with Gasteiger partial charge in [0.1, 0.15) is 12.7 Å². The minimum atomic E-state index is -4.75. The Hall–Kier alpha value is -2.30. The van der Waals surface area contributed by atoms with Crippen LogP contribution in [0.25, 0.3) is 0 Å². The van der Waals surface area contributed by atoms with Crippen LogP contribution in [0.4, 0.5) is 0 Å². The zero-order valence-electron chi connectivity index (χ0n) is 52.3. The number of hydrogen-bond donors (Lipinski definition) is 2. The van der Waals surface area contributed by atoms with Crippen LogP contribution in [0.3, 0.4) is 0 Å². The van der Waals surface area contributed by atoms with Crippen LogP contribution >= 0.6 is 7.82 Å². The Kier molecular flexibility index (Phi) is 60.9. The molecule has 0 rings (SSSR count). The third-order valence-corrected chi connectivity index (χ3v) is 16.0. The molecule has 0 amide bonds. The standard InChI is InChI=1S/C68H127O11P/c1-4-7-10-13-16-19-22-25-28-31-32-35-36-39-42-45-48-51-54-57-66(70)75-61-65(79-68(72)59-56-53-50-47-44-41-38-34-30-27-24-21-18-15-12-9-6-3)63-77-80(73,74)76-62-64(60-69)78-67(71)58-55-52-49-46-43-40-37-33-29-26-23-20-17-14-11-8-5-2/h18,21,26-27,29-30,64-65,69H,4-17,19-20,22-25,28,31-63H2,1-3H3,(H,73,74)/b21-18-,29-26-,30-27-. The largest absolute Gasteiger partial charge is 0.472 e. The Balaban J connectivity index is 4.65. The molecule has 0 saturated heterocycles. The van der Waals surface area contributed by atoms with Crippen LogP contribution in [-0.2, 0) is 42.2 Å². The topological polar surface area (TPSA) is 155 Å². The second-order valence-electron chi connectivity index (χ2n) is 23.0. The molecule has 0 aliphatic carbocycles. The second-order valence-corrected chi connectivity index (χ2v) is 24.4. The van der Waals surface area contributed by atoms with Crippen molar-refractivity contribution < 1.29 is 52.2 Å². The van der Waals surface area contributed by atoms with Crippen LogP contribution in [0.2, 0.25) is 0 Å². The van der Waals surface area contributed by atoms with Gasteiger partial charge in [-0.15, -0.1) is 0 Å². The number of unbranched alkanes of at least 4 members (excludes halogenated alkanes) is 41. The summed E-state index contributed by atoms with van der Waals surface area (Å²) in [6, 6.07) is 0. The fourth-order valence-electron chi connectivity index (χ4n) is 9.86. The number of rotatable bonds is 64. The van der Waals surface area contributed by atoms with Crippen LogP contribution in [0.5, 0.6) is 0 Å². The molecule has 12 heteroatoms.